The summed E-state index contributed by atoms with van der Waals surface area (Å²) in [5.41, 5.74) is 3.23. The van der Waals surface area contributed by atoms with Crippen molar-refractivity contribution in [3.05, 3.63) is 83.9 Å². The summed E-state index contributed by atoms with van der Waals surface area (Å²) in [6.07, 6.45) is 0. The second-order valence-corrected chi connectivity index (χ2v) is 9.35. The van der Waals surface area contributed by atoms with Gasteiger partial charge in [0.1, 0.15) is 11.5 Å². The molecule has 3 amide bonds. The Bertz CT molecular complexity index is 1220. The lowest BCUT2D eigenvalue weighted by Gasteiger charge is -2.33. The molecule has 0 bridgehead atoms. The second-order valence-electron chi connectivity index (χ2n) is 8.06. The number of nitrogens with one attached hydrogen (secondary N) is 1. The number of carbonyl (C=O) groups excluding carboxylic acids is 2. The zero-order valence-corrected chi connectivity index (χ0v) is 19.8. The number of carbonyl (C=O) groups is 2. The van der Waals surface area contributed by atoms with Crippen LogP contribution in [0.4, 0.5) is 16.2 Å². The van der Waals surface area contributed by atoms with E-state index >= 15 is 0 Å². The minimum atomic E-state index is -1.14. The smallest absolute Gasteiger partial charge is 0.323 e. The van der Waals surface area contributed by atoms with Gasteiger partial charge in [0, 0.05) is 23.5 Å². The highest BCUT2D eigenvalue weighted by atomic mass is 32.2. The number of anilines is 2. The molecule has 1 atom stereocenters. The predicted octanol–water partition coefficient (Wildman–Crippen LogP) is 4.68. The van der Waals surface area contributed by atoms with Gasteiger partial charge in [-0.25, -0.2) is 4.79 Å². The lowest BCUT2D eigenvalue weighted by molar-refractivity contribution is -0.123. The van der Waals surface area contributed by atoms with Crippen LogP contribution in [-0.2, 0) is 16.2 Å². The SMILES string of the molecule is COc1ccc(NC(=O)N2CCS[C@]23C(=O)N(Cc2ccccc2)c2ccc(OC)cc23)cc1. The summed E-state index contributed by atoms with van der Waals surface area (Å²) in [4.78, 5) is 29.8. The molecule has 0 radical (unpaired) electrons. The monoisotopic (exact) mass is 475 g/mol. The summed E-state index contributed by atoms with van der Waals surface area (Å²) < 4.78 is 10.7. The largest absolute Gasteiger partial charge is 0.497 e. The van der Waals surface area contributed by atoms with Crippen molar-refractivity contribution >= 4 is 35.1 Å². The van der Waals surface area contributed by atoms with Crippen LogP contribution in [0.2, 0.25) is 0 Å². The van der Waals surface area contributed by atoms with Gasteiger partial charge in [0.15, 0.2) is 4.87 Å². The van der Waals surface area contributed by atoms with Crippen LogP contribution in [0, 0.1) is 0 Å². The maximum absolute atomic E-state index is 14.1. The van der Waals surface area contributed by atoms with Crippen LogP contribution in [0.1, 0.15) is 11.1 Å². The van der Waals surface area contributed by atoms with Gasteiger partial charge in [-0.15, -0.1) is 11.8 Å². The Morgan fingerprint density at radius 3 is 2.41 bits per heavy atom. The van der Waals surface area contributed by atoms with E-state index in [9.17, 15) is 9.59 Å². The van der Waals surface area contributed by atoms with Crippen molar-refractivity contribution < 1.29 is 19.1 Å². The minimum Gasteiger partial charge on any atom is -0.497 e. The fraction of sp³-hybridized carbons (Fsp3) is 0.231. The van der Waals surface area contributed by atoms with Gasteiger partial charge in [-0.2, -0.15) is 0 Å². The third-order valence-corrected chi connectivity index (χ3v) is 7.59. The van der Waals surface area contributed by atoms with Crippen LogP contribution >= 0.6 is 11.8 Å². The van der Waals surface area contributed by atoms with E-state index in [4.69, 9.17) is 9.47 Å². The highest BCUT2D eigenvalue weighted by Crippen LogP contribution is 2.55. The van der Waals surface area contributed by atoms with E-state index in [0.29, 0.717) is 36.0 Å². The Morgan fingerprint density at radius 1 is 1.00 bits per heavy atom. The number of fused-ring (bicyclic) bond motifs is 2. The lowest BCUT2D eigenvalue weighted by Crippen LogP contribution is -2.51. The molecule has 0 unspecified atom stereocenters. The third kappa shape index (κ3) is 3.64. The highest BCUT2D eigenvalue weighted by molar-refractivity contribution is 8.01. The van der Waals surface area contributed by atoms with Crippen molar-refractivity contribution in [2.24, 2.45) is 0 Å². The number of nitrogens with zero attached hydrogens (tertiary/aromatic N) is 2. The molecule has 7 nitrogen and oxygen atoms in total. The topological polar surface area (TPSA) is 71.1 Å². The molecule has 3 aromatic carbocycles. The van der Waals surface area contributed by atoms with Crippen LogP contribution in [0.3, 0.4) is 0 Å². The van der Waals surface area contributed by atoms with Crippen molar-refractivity contribution in [1.82, 2.24) is 4.90 Å². The van der Waals surface area contributed by atoms with E-state index in [2.05, 4.69) is 5.32 Å². The van der Waals surface area contributed by atoms with E-state index in [-0.39, 0.29) is 11.9 Å². The van der Waals surface area contributed by atoms with Crippen molar-refractivity contribution in [1.29, 1.82) is 0 Å². The quantitative estimate of drug-likeness (QED) is 0.580. The lowest BCUT2D eigenvalue weighted by atomic mass is 10.1. The summed E-state index contributed by atoms with van der Waals surface area (Å²) >= 11 is 1.49. The Balaban J connectivity index is 1.52. The molecule has 0 aromatic heterocycles. The third-order valence-electron chi connectivity index (χ3n) is 6.17. The molecule has 1 fully saturated rings. The van der Waals surface area contributed by atoms with Gasteiger partial charge < -0.3 is 19.7 Å². The summed E-state index contributed by atoms with van der Waals surface area (Å²) in [7, 11) is 3.19. The zero-order chi connectivity index (χ0) is 23.7. The molecule has 0 aliphatic carbocycles. The van der Waals surface area contributed by atoms with E-state index < -0.39 is 4.87 Å². The minimum absolute atomic E-state index is 0.119. The van der Waals surface area contributed by atoms with Gasteiger partial charge in [0.05, 0.1) is 26.5 Å². The molecule has 5 rings (SSSR count). The zero-order valence-electron chi connectivity index (χ0n) is 19.0. The van der Waals surface area contributed by atoms with Crippen molar-refractivity contribution in [2.75, 3.05) is 36.7 Å². The molecule has 1 spiro atoms. The number of rotatable bonds is 5. The van der Waals surface area contributed by atoms with Crippen LogP contribution in [-0.4, -0.2) is 43.4 Å². The first kappa shape index (κ1) is 22.2. The van der Waals surface area contributed by atoms with Crippen LogP contribution in [0.15, 0.2) is 72.8 Å². The first-order valence-electron chi connectivity index (χ1n) is 11.0. The Labute approximate surface area is 202 Å². The van der Waals surface area contributed by atoms with E-state index in [0.717, 1.165) is 16.8 Å². The van der Waals surface area contributed by atoms with Gasteiger partial charge in [-0.05, 0) is 48.0 Å². The standard InChI is InChI=1S/C26H25N3O4S/c1-32-20-10-8-19(9-11-20)27-25(31)29-14-15-34-26(29)22-16-21(33-2)12-13-23(22)28(24(26)30)17-18-6-4-3-5-7-18/h3-13,16H,14-15,17H2,1-2H3,(H,27,31)/t26-/m1/s1. The first-order chi connectivity index (χ1) is 16.6. The molecular formula is C26H25N3O4S. The number of thioether (sulfide) groups is 1. The number of hydrogen-bond acceptors (Lipinski definition) is 5. The highest BCUT2D eigenvalue weighted by Gasteiger charge is 2.59. The summed E-state index contributed by atoms with van der Waals surface area (Å²) in [6, 6.07) is 22.3. The Hall–Kier alpha value is -3.65. The van der Waals surface area contributed by atoms with Gasteiger partial charge in [-0.3, -0.25) is 9.69 Å². The average molecular weight is 476 g/mol. The van der Waals surface area contributed by atoms with Crippen LogP contribution in [0.5, 0.6) is 11.5 Å². The van der Waals surface area contributed by atoms with Gasteiger partial charge in [0.25, 0.3) is 5.91 Å². The molecule has 3 aromatic rings. The number of methoxy groups -OCH3 is 2. The van der Waals surface area contributed by atoms with Crippen LogP contribution in [0.25, 0.3) is 0 Å². The summed E-state index contributed by atoms with van der Waals surface area (Å²) in [5, 5.41) is 2.95. The van der Waals surface area contributed by atoms with E-state index in [1.807, 2.05) is 48.5 Å². The fourth-order valence-corrected chi connectivity index (χ4v) is 5.96. The van der Waals surface area contributed by atoms with E-state index in [1.165, 1.54) is 11.8 Å². The molecule has 1 N–H and O–H groups in total. The van der Waals surface area contributed by atoms with Gasteiger partial charge in [0.2, 0.25) is 0 Å². The number of amides is 3. The van der Waals surface area contributed by atoms with Gasteiger partial charge >= 0.3 is 6.03 Å². The second kappa shape index (κ2) is 8.95. The number of benzene rings is 3. The van der Waals surface area contributed by atoms with Crippen LogP contribution < -0.4 is 19.7 Å². The molecule has 2 aliphatic heterocycles. The van der Waals surface area contributed by atoms with Crippen molar-refractivity contribution in [2.45, 2.75) is 11.4 Å². The Morgan fingerprint density at radius 2 is 1.71 bits per heavy atom. The first-order valence-corrected chi connectivity index (χ1v) is 12.0. The van der Waals surface area contributed by atoms with Crippen molar-refractivity contribution in [3.8, 4) is 11.5 Å². The normalized spacial score (nSPS) is 18.8. The molecule has 174 valence electrons. The molecule has 1 saturated heterocycles. The van der Waals surface area contributed by atoms with E-state index in [1.54, 1.807) is 48.3 Å². The molecule has 2 heterocycles. The number of urea groups is 1. The van der Waals surface area contributed by atoms with Crippen molar-refractivity contribution in [3.63, 3.8) is 0 Å². The fourth-order valence-electron chi connectivity index (χ4n) is 4.51. The predicted molar refractivity (Wildman–Crippen MR) is 133 cm³/mol. The molecule has 8 heteroatoms. The maximum Gasteiger partial charge on any atom is 0.323 e. The van der Waals surface area contributed by atoms with Gasteiger partial charge in [-0.1, -0.05) is 30.3 Å². The number of ether oxygens (including phenoxy) is 2. The number of hydrogen-bond donors (Lipinski definition) is 1. The Kier molecular flexibility index (Phi) is 5.83. The maximum atomic E-state index is 14.1. The molecule has 0 saturated carbocycles. The molecule has 34 heavy (non-hydrogen) atoms. The molecular weight excluding hydrogens is 450 g/mol. The molecule has 2 aliphatic rings. The average Bonchev–Trinajstić information content (AvgIpc) is 3.42. The summed E-state index contributed by atoms with van der Waals surface area (Å²) in [6.45, 7) is 0.878. The summed E-state index contributed by atoms with van der Waals surface area (Å²) in [5.74, 6) is 1.88.